The van der Waals surface area contributed by atoms with Crippen molar-refractivity contribution < 1.29 is 9.53 Å². The summed E-state index contributed by atoms with van der Waals surface area (Å²) in [6, 6.07) is 14.0. The fraction of sp³-hybridized carbons (Fsp3) is 0.333. The van der Waals surface area contributed by atoms with E-state index in [1.807, 2.05) is 41.3 Å². The van der Waals surface area contributed by atoms with Crippen molar-refractivity contribution in [1.29, 1.82) is 0 Å². The smallest absolute Gasteiger partial charge is 0.237 e. The molecule has 2 heterocycles. The largest absolute Gasteiger partial charge is 0.383 e. The number of hydrogen-bond acceptors (Lipinski definition) is 4. The van der Waals surface area contributed by atoms with Crippen LogP contribution in [0.4, 0.5) is 5.69 Å². The van der Waals surface area contributed by atoms with E-state index in [-0.39, 0.29) is 11.9 Å². The number of halogens is 1. The molecular weight excluding hydrogens is 394 g/mol. The number of nitrogens with zero attached hydrogens (tertiary/aromatic N) is 3. The number of thioether (sulfide) groups is 1. The van der Waals surface area contributed by atoms with Crippen LogP contribution in [-0.4, -0.2) is 41.0 Å². The second-order valence-corrected chi connectivity index (χ2v) is 8.29. The first-order chi connectivity index (χ1) is 13.6. The third-order valence-electron chi connectivity index (χ3n) is 4.99. The molecule has 1 aliphatic rings. The van der Waals surface area contributed by atoms with Gasteiger partial charge in [0.1, 0.15) is 0 Å². The topological polar surface area (TPSA) is 47.4 Å². The van der Waals surface area contributed by atoms with Crippen molar-refractivity contribution in [2.75, 3.05) is 24.4 Å². The number of carbonyl (C=O) groups excluding carboxylic acids is 1. The molecule has 1 amide bonds. The summed E-state index contributed by atoms with van der Waals surface area (Å²) in [5.41, 5.74) is 4.09. The molecule has 0 fully saturated rings. The number of rotatable bonds is 6. The first kappa shape index (κ1) is 19.3. The summed E-state index contributed by atoms with van der Waals surface area (Å²) in [5, 5.41) is 1.46. The van der Waals surface area contributed by atoms with Gasteiger partial charge in [-0.15, -0.1) is 0 Å². The molecule has 0 saturated heterocycles. The standard InChI is InChI=1S/C21H22ClN3O2S/c1-14-11-15-5-3-4-6-18(15)25(14)20(26)13-28-21-23-17-12-16(22)7-8-19(17)24(21)9-10-27-2/h3-8,12,14H,9-11,13H2,1-2H3. The van der Waals surface area contributed by atoms with Crippen LogP contribution >= 0.6 is 23.4 Å². The number of carbonyl (C=O) groups is 1. The van der Waals surface area contributed by atoms with Crippen LogP contribution in [0.3, 0.4) is 0 Å². The van der Waals surface area contributed by atoms with E-state index in [0.717, 1.165) is 28.3 Å². The summed E-state index contributed by atoms with van der Waals surface area (Å²) in [4.78, 5) is 19.6. The summed E-state index contributed by atoms with van der Waals surface area (Å²) >= 11 is 7.58. The van der Waals surface area contributed by atoms with Crippen LogP contribution in [0.1, 0.15) is 12.5 Å². The minimum atomic E-state index is 0.103. The lowest BCUT2D eigenvalue weighted by molar-refractivity contribution is -0.116. The van der Waals surface area contributed by atoms with Gasteiger partial charge in [-0.2, -0.15) is 0 Å². The molecule has 0 N–H and O–H groups in total. The Morgan fingerprint density at radius 2 is 2.14 bits per heavy atom. The Labute approximate surface area is 173 Å². The van der Waals surface area contributed by atoms with Gasteiger partial charge in [0, 0.05) is 30.4 Å². The third kappa shape index (κ3) is 3.64. The van der Waals surface area contributed by atoms with Gasteiger partial charge in [0.15, 0.2) is 5.16 Å². The van der Waals surface area contributed by atoms with Crippen LogP contribution in [0.25, 0.3) is 11.0 Å². The van der Waals surface area contributed by atoms with Crippen molar-refractivity contribution in [2.45, 2.75) is 31.1 Å². The number of amides is 1. The third-order valence-corrected chi connectivity index (χ3v) is 6.19. The number of benzene rings is 2. The van der Waals surface area contributed by atoms with Crippen LogP contribution in [-0.2, 0) is 22.5 Å². The summed E-state index contributed by atoms with van der Waals surface area (Å²) in [5.74, 6) is 0.439. The number of imidazole rings is 1. The first-order valence-electron chi connectivity index (χ1n) is 9.26. The molecule has 0 bridgehead atoms. The quantitative estimate of drug-likeness (QED) is 0.559. The molecule has 5 nitrogen and oxygen atoms in total. The van der Waals surface area contributed by atoms with Crippen molar-refractivity contribution >= 4 is 46.0 Å². The monoisotopic (exact) mass is 415 g/mol. The molecule has 7 heteroatoms. The van der Waals surface area contributed by atoms with E-state index in [1.54, 1.807) is 7.11 Å². The SMILES string of the molecule is COCCn1c(SCC(=O)N2c3ccccc3CC2C)nc2cc(Cl)ccc21. The number of hydrogen-bond donors (Lipinski definition) is 0. The highest BCUT2D eigenvalue weighted by Gasteiger charge is 2.30. The number of methoxy groups -OCH3 is 1. The van der Waals surface area contributed by atoms with Crippen molar-refractivity contribution in [3.05, 3.63) is 53.1 Å². The molecule has 1 unspecified atom stereocenters. The summed E-state index contributed by atoms with van der Waals surface area (Å²) in [6.45, 7) is 3.35. The molecule has 3 aromatic rings. The van der Waals surface area contributed by atoms with Gasteiger partial charge in [0.25, 0.3) is 0 Å². The average molecular weight is 416 g/mol. The number of anilines is 1. The second-order valence-electron chi connectivity index (χ2n) is 6.91. The van der Waals surface area contributed by atoms with Crippen LogP contribution in [0, 0.1) is 0 Å². The van der Waals surface area contributed by atoms with Gasteiger partial charge < -0.3 is 14.2 Å². The molecule has 1 atom stereocenters. The molecule has 0 spiro atoms. The lowest BCUT2D eigenvalue weighted by atomic mass is 10.1. The van der Waals surface area contributed by atoms with Gasteiger partial charge >= 0.3 is 0 Å². The van der Waals surface area contributed by atoms with Crippen LogP contribution in [0.15, 0.2) is 47.6 Å². The Hall–Kier alpha value is -2.02. The highest BCUT2D eigenvalue weighted by atomic mass is 35.5. The summed E-state index contributed by atoms with van der Waals surface area (Å²) in [7, 11) is 1.68. The van der Waals surface area contributed by atoms with Crippen molar-refractivity contribution in [3.8, 4) is 0 Å². The zero-order chi connectivity index (χ0) is 19.7. The summed E-state index contributed by atoms with van der Waals surface area (Å²) < 4.78 is 7.34. The van der Waals surface area contributed by atoms with Crippen LogP contribution < -0.4 is 4.90 Å². The highest BCUT2D eigenvalue weighted by Crippen LogP contribution is 2.33. The Bertz CT molecular complexity index is 1020. The van der Waals surface area contributed by atoms with Crippen LogP contribution in [0.2, 0.25) is 5.02 Å². The molecule has 0 saturated carbocycles. The zero-order valence-electron chi connectivity index (χ0n) is 15.9. The average Bonchev–Trinajstić information content (AvgIpc) is 3.20. The fourth-order valence-corrected chi connectivity index (χ4v) is 4.80. The predicted octanol–water partition coefficient (Wildman–Crippen LogP) is 4.41. The molecule has 28 heavy (non-hydrogen) atoms. The number of aromatic nitrogens is 2. The molecule has 1 aliphatic heterocycles. The number of ether oxygens (including phenoxy) is 1. The maximum absolute atomic E-state index is 13.0. The molecule has 2 aromatic carbocycles. The first-order valence-corrected chi connectivity index (χ1v) is 10.6. The molecule has 146 valence electrons. The lowest BCUT2D eigenvalue weighted by Crippen LogP contribution is -2.37. The lowest BCUT2D eigenvalue weighted by Gasteiger charge is -2.22. The zero-order valence-corrected chi connectivity index (χ0v) is 17.5. The van der Waals surface area contributed by atoms with E-state index >= 15 is 0 Å². The minimum Gasteiger partial charge on any atom is -0.383 e. The molecular formula is C21H22ClN3O2S. The Morgan fingerprint density at radius 3 is 2.96 bits per heavy atom. The van der Waals surface area contributed by atoms with E-state index in [1.165, 1.54) is 17.3 Å². The van der Waals surface area contributed by atoms with E-state index in [2.05, 4.69) is 17.6 Å². The van der Waals surface area contributed by atoms with E-state index in [4.69, 9.17) is 21.3 Å². The summed E-state index contributed by atoms with van der Waals surface area (Å²) in [6.07, 6.45) is 0.900. The number of fused-ring (bicyclic) bond motifs is 2. The normalized spacial score (nSPS) is 16.0. The highest BCUT2D eigenvalue weighted by molar-refractivity contribution is 7.99. The van der Waals surface area contributed by atoms with E-state index < -0.39 is 0 Å². The van der Waals surface area contributed by atoms with E-state index in [9.17, 15) is 4.79 Å². The number of para-hydroxylation sites is 1. The Balaban J connectivity index is 1.56. The molecule has 0 aliphatic carbocycles. The maximum atomic E-state index is 13.0. The van der Waals surface area contributed by atoms with Gasteiger partial charge in [0.05, 0.1) is 23.4 Å². The molecule has 4 rings (SSSR count). The van der Waals surface area contributed by atoms with Crippen molar-refractivity contribution in [2.24, 2.45) is 0 Å². The predicted molar refractivity (Wildman–Crippen MR) is 114 cm³/mol. The Kier molecular flexibility index (Phi) is 5.62. The van der Waals surface area contributed by atoms with Gasteiger partial charge in [0.2, 0.25) is 5.91 Å². The van der Waals surface area contributed by atoms with Gasteiger partial charge in [-0.05, 0) is 43.2 Å². The maximum Gasteiger partial charge on any atom is 0.237 e. The van der Waals surface area contributed by atoms with Gasteiger partial charge in [-0.25, -0.2) is 4.98 Å². The van der Waals surface area contributed by atoms with Crippen molar-refractivity contribution in [1.82, 2.24) is 9.55 Å². The van der Waals surface area contributed by atoms with Gasteiger partial charge in [-0.3, -0.25) is 4.79 Å². The van der Waals surface area contributed by atoms with Crippen LogP contribution in [0.5, 0.6) is 0 Å². The van der Waals surface area contributed by atoms with Gasteiger partial charge in [-0.1, -0.05) is 41.6 Å². The minimum absolute atomic E-state index is 0.103. The Morgan fingerprint density at radius 1 is 1.32 bits per heavy atom. The second kappa shape index (κ2) is 8.15. The molecule has 1 aromatic heterocycles. The molecule has 0 radical (unpaired) electrons. The van der Waals surface area contributed by atoms with E-state index in [0.29, 0.717) is 23.9 Å². The van der Waals surface area contributed by atoms with Crippen molar-refractivity contribution in [3.63, 3.8) is 0 Å². The fourth-order valence-electron chi connectivity index (χ4n) is 3.73.